The van der Waals surface area contributed by atoms with Crippen molar-refractivity contribution < 1.29 is 19.4 Å². The number of carbonyl (C=O) groups excluding carboxylic acids is 2. The molecule has 0 saturated heterocycles. The summed E-state index contributed by atoms with van der Waals surface area (Å²) in [6.45, 7) is 4.32. The average molecular weight is 442 g/mol. The van der Waals surface area contributed by atoms with Gasteiger partial charge in [-0.15, -0.1) is 0 Å². The van der Waals surface area contributed by atoms with E-state index in [1.165, 1.54) is 4.90 Å². The van der Waals surface area contributed by atoms with Crippen molar-refractivity contribution in [2.45, 2.75) is 32.9 Å². The smallest absolute Gasteiger partial charge is 0.294 e. The number of aliphatic hydroxyl groups excluding tert-OH is 1. The van der Waals surface area contributed by atoms with Crippen LogP contribution in [-0.4, -0.2) is 16.8 Å². The van der Waals surface area contributed by atoms with E-state index in [0.717, 1.165) is 11.1 Å². The molecule has 1 atom stereocenters. The molecule has 1 aliphatic rings. The van der Waals surface area contributed by atoms with Crippen LogP contribution < -0.4 is 9.64 Å². The van der Waals surface area contributed by atoms with Crippen LogP contribution in [0, 0.1) is 5.92 Å². The Morgan fingerprint density at radius 2 is 1.55 bits per heavy atom. The molecule has 0 aromatic heterocycles. The Labute approximate surface area is 193 Å². The first kappa shape index (κ1) is 22.3. The molecule has 1 amide bonds. The molecule has 0 aliphatic carbocycles. The molecule has 1 unspecified atom stereocenters. The summed E-state index contributed by atoms with van der Waals surface area (Å²) in [7, 11) is 0. The molecule has 3 aromatic carbocycles. The Morgan fingerprint density at radius 1 is 0.939 bits per heavy atom. The number of aliphatic hydroxyl groups is 1. The van der Waals surface area contributed by atoms with E-state index in [4.69, 9.17) is 4.74 Å². The van der Waals surface area contributed by atoms with Crippen molar-refractivity contribution in [3.05, 3.63) is 107 Å². The van der Waals surface area contributed by atoms with Gasteiger partial charge in [0.15, 0.2) is 11.5 Å². The number of ether oxygens (including phenoxy) is 1. The summed E-state index contributed by atoms with van der Waals surface area (Å²) in [6.07, 6.45) is 0.254. The number of Topliss-reactive ketones (excluding diaryl/α,β-unsaturated/α-hetero) is 1. The van der Waals surface area contributed by atoms with Gasteiger partial charge in [-0.3, -0.25) is 14.5 Å². The van der Waals surface area contributed by atoms with Gasteiger partial charge in [-0.05, 0) is 41.3 Å². The Balaban J connectivity index is 1.66. The Bertz CT molecular complexity index is 1150. The van der Waals surface area contributed by atoms with E-state index < -0.39 is 17.7 Å². The van der Waals surface area contributed by atoms with Crippen molar-refractivity contribution in [3.63, 3.8) is 0 Å². The quantitative estimate of drug-likeness (QED) is 0.481. The molecule has 1 aliphatic heterocycles. The molecule has 1 N–H and O–H groups in total. The van der Waals surface area contributed by atoms with Crippen molar-refractivity contribution in [2.75, 3.05) is 4.90 Å². The van der Waals surface area contributed by atoms with Crippen LogP contribution in [0.3, 0.4) is 0 Å². The number of benzene rings is 3. The van der Waals surface area contributed by atoms with Gasteiger partial charge in [0.25, 0.3) is 5.91 Å². The molecule has 3 aromatic rings. The van der Waals surface area contributed by atoms with E-state index in [9.17, 15) is 14.7 Å². The van der Waals surface area contributed by atoms with Crippen LogP contribution in [0.25, 0.3) is 0 Å². The number of amides is 1. The zero-order valence-corrected chi connectivity index (χ0v) is 18.8. The van der Waals surface area contributed by atoms with E-state index in [0.29, 0.717) is 18.0 Å². The van der Waals surface area contributed by atoms with Crippen molar-refractivity contribution in [1.29, 1.82) is 0 Å². The molecule has 4 rings (SSSR count). The summed E-state index contributed by atoms with van der Waals surface area (Å²) < 4.78 is 5.88. The predicted molar refractivity (Wildman–Crippen MR) is 128 cm³/mol. The lowest BCUT2D eigenvalue weighted by atomic mass is 9.92. The fourth-order valence-electron chi connectivity index (χ4n) is 4.03. The van der Waals surface area contributed by atoms with Gasteiger partial charge < -0.3 is 9.84 Å². The first-order valence-corrected chi connectivity index (χ1v) is 11.1. The molecule has 0 spiro atoms. The van der Waals surface area contributed by atoms with Crippen molar-refractivity contribution >= 4 is 17.4 Å². The minimum Gasteiger partial charge on any atom is -0.503 e. The molecular formula is C28H27NO4. The lowest BCUT2D eigenvalue weighted by Gasteiger charge is -2.27. The van der Waals surface area contributed by atoms with Crippen LogP contribution in [0.4, 0.5) is 5.69 Å². The molecule has 33 heavy (non-hydrogen) atoms. The van der Waals surface area contributed by atoms with Crippen molar-refractivity contribution in [3.8, 4) is 5.75 Å². The molecule has 0 bridgehead atoms. The number of anilines is 1. The zero-order valence-electron chi connectivity index (χ0n) is 18.8. The van der Waals surface area contributed by atoms with Crippen molar-refractivity contribution in [2.24, 2.45) is 5.92 Å². The van der Waals surface area contributed by atoms with Crippen LogP contribution in [0.1, 0.15) is 37.4 Å². The SMILES string of the molecule is CC(C)CC(=O)C1=C(O)C(=O)N(c2ccccc2)C1c1ccc(OCc2ccccc2)cc1. The van der Waals surface area contributed by atoms with Gasteiger partial charge in [0.1, 0.15) is 12.4 Å². The summed E-state index contributed by atoms with van der Waals surface area (Å²) in [5, 5.41) is 10.7. The predicted octanol–water partition coefficient (Wildman–Crippen LogP) is 5.78. The molecule has 5 heteroatoms. The third-order valence-electron chi connectivity index (χ3n) is 5.58. The Hall–Kier alpha value is -3.86. The zero-order chi connectivity index (χ0) is 23.4. The molecule has 168 valence electrons. The number of nitrogens with zero attached hydrogens (tertiary/aromatic N) is 1. The van der Waals surface area contributed by atoms with Gasteiger partial charge in [-0.2, -0.15) is 0 Å². The summed E-state index contributed by atoms with van der Waals surface area (Å²) in [4.78, 5) is 27.6. The normalized spacial score (nSPS) is 15.9. The molecule has 0 saturated carbocycles. The molecule has 1 heterocycles. The van der Waals surface area contributed by atoms with Crippen LogP contribution >= 0.6 is 0 Å². The third-order valence-corrected chi connectivity index (χ3v) is 5.58. The fraction of sp³-hybridized carbons (Fsp3) is 0.214. The molecule has 0 fully saturated rings. The number of hydrogen-bond donors (Lipinski definition) is 1. The highest BCUT2D eigenvalue weighted by Crippen LogP contribution is 2.41. The summed E-state index contributed by atoms with van der Waals surface area (Å²) in [5.74, 6) is -0.472. The standard InChI is InChI=1S/C28H27NO4/c1-19(2)17-24(30)25-26(29(28(32)27(25)31)22-11-7-4-8-12-22)21-13-15-23(16-14-21)33-18-20-9-5-3-6-10-20/h3-16,19,26,31H,17-18H2,1-2H3. The summed E-state index contributed by atoms with van der Waals surface area (Å²) >= 11 is 0. The molecule has 0 radical (unpaired) electrons. The average Bonchev–Trinajstić information content (AvgIpc) is 3.09. The van der Waals surface area contributed by atoms with E-state index >= 15 is 0 Å². The highest BCUT2D eigenvalue weighted by atomic mass is 16.5. The van der Waals surface area contributed by atoms with Crippen LogP contribution in [0.15, 0.2) is 96.3 Å². The number of rotatable bonds is 8. The van der Waals surface area contributed by atoms with Gasteiger partial charge in [0, 0.05) is 12.1 Å². The summed E-state index contributed by atoms with van der Waals surface area (Å²) in [5.41, 5.74) is 2.56. The highest BCUT2D eigenvalue weighted by Gasteiger charge is 2.44. The van der Waals surface area contributed by atoms with E-state index in [2.05, 4.69) is 0 Å². The fourth-order valence-corrected chi connectivity index (χ4v) is 4.03. The minimum atomic E-state index is -0.700. The van der Waals surface area contributed by atoms with Crippen molar-refractivity contribution in [1.82, 2.24) is 0 Å². The summed E-state index contributed by atoms with van der Waals surface area (Å²) in [6, 6.07) is 25.6. The van der Waals surface area contributed by atoms with Gasteiger partial charge >= 0.3 is 0 Å². The van der Waals surface area contributed by atoms with Gasteiger partial charge in [-0.1, -0.05) is 74.5 Å². The topological polar surface area (TPSA) is 66.8 Å². The van der Waals surface area contributed by atoms with E-state index in [1.807, 2.05) is 86.6 Å². The molecule has 5 nitrogen and oxygen atoms in total. The maximum absolute atomic E-state index is 13.1. The maximum atomic E-state index is 13.1. The number of para-hydroxylation sites is 1. The Morgan fingerprint density at radius 3 is 2.15 bits per heavy atom. The molecular weight excluding hydrogens is 414 g/mol. The highest BCUT2D eigenvalue weighted by molar-refractivity contribution is 6.16. The lowest BCUT2D eigenvalue weighted by Crippen LogP contribution is -2.31. The van der Waals surface area contributed by atoms with Gasteiger partial charge in [-0.25, -0.2) is 0 Å². The number of hydrogen-bond acceptors (Lipinski definition) is 4. The second-order valence-corrected chi connectivity index (χ2v) is 8.54. The second-order valence-electron chi connectivity index (χ2n) is 8.54. The minimum absolute atomic E-state index is 0.105. The van der Waals surface area contributed by atoms with Gasteiger partial charge in [0.05, 0.1) is 11.6 Å². The first-order chi connectivity index (χ1) is 16.0. The van der Waals surface area contributed by atoms with E-state index in [1.54, 1.807) is 12.1 Å². The number of carbonyl (C=O) groups is 2. The van der Waals surface area contributed by atoms with Crippen LogP contribution in [-0.2, 0) is 16.2 Å². The second kappa shape index (κ2) is 9.74. The van der Waals surface area contributed by atoms with Crippen LogP contribution in [0.2, 0.25) is 0 Å². The third kappa shape index (κ3) is 4.82. The Kier molecular flexibility index (Phi) is 6.59. The maximum Gasteiger partial charge on any atom is 0.294 e. The monoisotopic (exact) mass is 441 g/mol. The van der Waals surface area contributed by atoms with Crippen LogP contribution in [0.5, 0.6) is 5.75 Å². The number of ketones is 1. The van der Waals surface area contributed by atoms with Gasteiger partial charge in [0.2, 0.25) is 0 Å². The first-order valence-electron chi connectivity index (χ1n) is 11.1. The largest absolute Gasteiger partial charge is 0.503 e. The lowest BCUT2D eigenvalue weighted by molar-refractivity contribution is -0.118. The van der Waals surface area contributed by atoms with E-state index in [-0.39, 0.29) is 23.7 Å².